The largest absolute Gasteiger partial charge is 0.469 e. The molecule has 5 heteroatoms. The van der Waals surface area contributed by atoms with Crippen LogP contribution in [0.1, 0.15) is 32.1 Å². The number of ether oxygens (including phenoxy) is 1. The predicted octanol–water partition coefficient (Wildman–Crippen LogP) is 0.899. The summed E-state index contributed by atoms with van der Waals surface area (Å²) < 4.78 is 4.50. The highest BCUT2D eigenvalue weighted by Crippen LogP contribution is 2.04. The van der Waals surface area contributed by atoms with Crippen LogP contribution in [0.5, 0.6) is 0 Å². The number of esters is 1. The highest BCUT2D eigenvalue weighted by Gasteiger charge is 2.00. The van der Waals surface area contributed by atoms with E-state index in [1.807, 2.05) is 0 Å². The molecule has 0 fully saturated rings. The zero-order valence-electron chi connectivity index (χ0n) is 8.53. The van der Waals surface area contributed by atoms with E-state index in [0.29, 0.717) is 18.6 Å². The molecular weight excluding hydrogens is 184 g/mol. The number of hydrogen-bond donors (Lipinski definition) is 2. The highest BCUT2D eigenvalue weighted by molar-refractivity contribution is 5.85. The van der Waals surface area contributed by atoms with E-state index >= 15 is 0 Å². The van der Waals surface area contributed by atoms with Crippen LogP contribution in [0.4, 0.5) is 0 Å². The van der Waals surface area contributed by atoms with Crippen molar-refractivity contribution in [1.29, 1.82) is 0 Å². The number of carbonyl (C=O) groups is 1. The summed E-state index contributed by atoms with van der Waals surface area (Å²) in [6.07, 6.45) is 3.73. The Bertz CT molecular complexity index is 192. The number of unbranched alkanes of at least 4 members (excludes halogenated alkanes) is 2. The third-order valence-corrected chi connectivity index (χ3v) is 1.95. The van der Waals surface area contributed by atoms with E-state index in [1.165, 1.54) is 7.11 Å². The Morgan fingerprint density at radius 2 is 2.00 bits per heavy atom. The first kappa shape index (κ1) is 12.9. The molecular formula is C9H18N2O3. The van der Waals surface area contributed by atoms with Crippen LogP contribution in [0.2, 0.25) is 0 Å². The number of rotatable bonds is 7. The summed E-state index contributed by atoms with van der Waals surface area (Å²) >= 11 is 0. The van der Waals surface area contributed by atoms with Gasteiger partial charge in [0.25, 0.3) is 0 Å². The lowest BCUT2D eigenvalue weighted by Gasteiger charge is -2.01. The monoisotopic (exact) mass is 202 g/mol. The van der Waals surface area contributed by atoms with E-state index in [2.05, 4.69) is 9.89 Å². The molecule has 0 aromatic heterocycles. The molecule has 0 aromatic carbocycles. The molecule has 0 saturated carbocycles. The van der Waals surface area contributed by atoms with Crippen molar-refractivity contribution in [2.75, 3.05) is 13.7 Å². The van der Waals surface area contributed by atoms with E-state index in [4.69, 9.17) is 10.9 Å². The second-order valence-corrected chi connectivity index (χ2v) is 3.01. The summed E-state index contributed by atoms with van der Waals surface area (Å²) in [4.78, 5) is 10.7. The van der Waals surface area contributed by atoms with Crippen molar-refractivity contribution < 1.29 is 14.7 Å². The molecule has 0 unspecified atom stereocenters. The smallest absolute Gasteiger partial charge is 0.305 e. The maximum Gasteiger partial charge on any atom is 0.305 e. The van der Waals surface area contributed by atoms with Crippen molar-refractivity contribution in [3.63, 3.8) is 0 Å². The van der Waals surface area contributed by atoms with Gasteiger partial charge < -0.3 is 15.7 Å². The fraction of sp³-hybridized carbons (Fsp3) is 0.778. The lowest BCUT2D eigenvalue weighted by molar-refractivity contribution is -0.140. The molecule has 0 heterocycles. The maximum absolute atomic E-state index is 10.7. The van der Waals surface area contributed by atoms with Gasteiger partial charge in [0, 0.05) is 13.0 Å². The van der Waals surface area contributed by atoms with Crippen LogP contribution in [-0.2, 0) is 9.53 Å². The fourth-order valence-electron chi connectivity index (χ4n) is 1.07. The second-order valence-electron chi connectivity index (χ2n) is 3.01. The van der Waals surface area contributed by atoms with E-state index in [9.17, 15) is 4.79 Å². The van der Waals surface area contributed by atoms with Crippen LogP contribution in [0.15, 0.2) is 5.16 Å². The van der Waals surface area contributed by atoms with Gasteiger partial charge in [-0.05, 0) is 19.3 Å². The van der Waals surface area contributed by atoms with E-state index in [0.717, 1.165) is 19.3 Å². The number of nitrogens with two attached hydrogens (primary N) is 1. The molecule has 0 amide bonds. The molecule has 0 radical (unpaired) electrons. The van der Waals surface area contributed by atoms with E-state index < -0.39 is 0 Å². The Morgan fingerprint density at radius 1 is 1.36 bits per heavy atom. The van der Waals surface area contributed by atoms with Gasteiger partial charge in [-0.25, -0.2) is 0 Å². The first-order chi connectivity index (χ1) is 6.74. The minimum atomic E-state index is -0.181. The zero-order chi connectivity index (χ0) is 10.8. The average Bonchev–Trinajstić information content (AvgIpc) is 2.23. The van der Waals surface area contributed by atoms with Crippen LogP contribution in [-0.4, -0.2) is 30.5 Å². The van der Waals surface area contributed by atoms with Gasteiger partial charge in [-0.15, -0.1) is 0 Å². The van der Waals surface area contributed by atoms with Gasteiger partial charge in [0.2, 0.25) is 0 Å². The van der Waals surface area contributed by atoms with Crippen LogP contribution < -0.4 is 5.73 Å². The number of methoxy groups -OCH3 is 1. The molecule has 3 N–H and O–H groups in total. The molecule has 14 heavy (non-hydrogen) atoms. The first-order valence-corrected chi connectivity index (χ1v) is 4.71. The molecule has 0 aliphatic heterocycles. The molecule has 82 valence electrons. The Balaban J connectivity index is 3.33. The molecule has 0 spiro atoms. The fourth-order valence-corrected chi connectivity index (χ4v) is 1.07. The molecule has 5 nitrogen and oxygen atoms in total. The van der Waals surface area contributed by atoms with Crippen LogP contribution in [0, 0.1) is 0 Å². The summed E-state index contributed by atoms with van der Waals surface area (Å²) in [6, 6.07) is 0. The van der Waals surface area contributed by atoms with Crippen molar-refractivity contribution in [3.05, 3.63) is 0 Å². The molecule has 0 aliphatic carbocycles. The second kappa shape index (κ2) is 8.50. The summed E-state index contributed by atoms with van der Waals surface area (Å²) in [5.74, 6) is -0.181. The summed E-state index contributed by atoms with van der Waals surface area (Å²) in [7, 11) is 1.38. The number of carbonyl (C=O) groups excluding carboxylic acids is 1. The summed E-state index contributed by atoms with van der Waals surface area (Å²) in [5.41, 5.74) is 5.90. The lowest BCUT2D eigenvalue weighted by atomic mass is 10.1. The van der Waals surface area contributed by atoms with Gasteiger partial charge in [0.1, 0.15) is 0 Å². The number of nitrogens with zero attached hydrogens (tertiary/aromatic N) is 1. The molecule has 0 bridgehead atoms. The van der Waals surface area contributed by atoms with Gasteiger partial charge in [-0.3, -0.25) is 4.79 Å². The highest BCUT2D eigenvalue weighted by atomic mass is 16.5. The third kappa shape index (κ3) is 6.42. The first-order valence-electron chi connectivity index (χ1n) is 4.71. The van der Waals surface area contributed by atoms with Crippen molar-refractivity contribution >= 4 is 11.7 Å². The average molecular weight is 202 g/mol. The van der Waals surface area contributed by atoms with Gasteiger partial charge in [-0.1, -0.05) is 11.6 Å². The van der Waals surface area contributed by atoms with Crippen molar-refractivity contribution in [2.45, 2.75) is 32.1 Å². The predicted molar refractivity (Wildman–Crippen MR) is 53.4 cm³/mol. The van der Waals surface area contributed by atoms with E-state index in [-0.39, 0.29) is 12.5 Å². The topological polar surface area (TPSA) is 84.9 Å². The van der Waals surface area contributed by atoms with Gasteiger partial charge in [-0.2, -0.15) is 0 Å². The number of oxime groups is 1. The molecule has 0 aromatic rings. The standard InChI is InChI=1S/C9H18N2O3/c1-14-9(12)6-4-2-3-5-8(7-10)11-13/h13H,2-7,10H2,1H3/b11-8+. The summed E-state index contributed by atoms with van der Waals surface area (Å²) in [5, 5.41) is 11.5. The summed E-state index contributed by atoms with van der Waals surface area (Å²) in [6.45, 7) is 0.285. The molecule has 0 aliphatic rings. The van der Waals surface area contributed by atoms with Crippen LogP contribution in [0.25, 0.3) is 0 Å². The molecule has 0 rings (SSSR count). The number of hydrogen-bond acceptors (Lipinski definition) is 5. The lowest BCUT2D eigenvalue weighted by Crippen LogP contribution is -2.13. The Labute approximate surface area is 83.9 Å². The van der Waals surface area contributed by atoms with Gasteiger partial charge >= 0.3 is 5.97 Å². The molecule has 0 atom stereocenters. The Morgan fingerprint density at radius 3 is 2.50 bits per heavy atom. The van der Waals surface area contributed by atoms with Crippen molar-refractivity contribution in [1.82, 2.24) is 0 Å². The third-order valence-electron chi connectivity index (χ3n) is 1.95. The van der Waals surface area contributed by atoms with Crippen LogP contribution in [0.3, 0.4) is 0 Å². The maximum atomic E-state index is 10.7. The Kier molecular flexibility index (Phi) is 7.83. The van der Waals surface area contributed by atoms with Crippen LogP contribution >= 0.6 is 0 Å². The normalized spacial score (nSPS) is 11.4. The van der Waals surface area contributed by atoms with Crippen molar-refractivity contribution in [2.24, 2.45) is 10.9 Å². The minimum absolute atomic E-state index is 0.181. The van der Waals surface area contributed by atoms with Crippen molar-refractivity contribution in [3.8, 4) is 0 Å². The SMILES string of the molecule is COC(=O)CCCCC/C(CN)=N\O. The molecule has 0 saturated heterocycles. The zero-order valence-corrected chi connectivity index (χ0v) is 8.53. The quantitative estimate of drug-likeness (QED) is 0.211. The van der Waals surface area contributed by atoms with Gasteiger partial charge in [0.15, 0.2) is 0 Å². The Hall–Kier alpha value is -1.10. The van der Waals surface area contributed by atoms with Gasteiger partial charge in [0.05, 0.1) is 12.8 Å². The minimum Gasteiger partial charge on any atom is -0.469 e. The van der Waals surface area contributed by atoms with E-state index in [1.54, 1.807) is 0 Å².